The Bertz CT molecular complexity index is 759. The van der Waals surface area contributed by atoms with E-state index in [-0.39, 0.29) is 18.0 Å². The zero-order valence-electron chi connectivity index (χ0n) is 20.6. The van der Waals surface area contributed by atoms with E-state index in [0.717, 1.165) is 64.2 Å². The number of carbonyl (C=O) groups is 1. The van der Waals surface area contributed by atoms with Crippen molar-refractivity contribution in [2.75, 3.05) is 0 Å². The Labute approximate surface area is 201 Å². The summed E-state index contributed by atoms with van der Waals surface area (Å²) in [5.41, 5.74) is 2.91. The summed E-state index contributed by atoms with van der Waals surface area (Å²) in [4.78, 5) is 12.8. The van der Waals surface area contributed by atoms with E-state index >= 15 is 0 Å². The molecule has 0 radical (unpaired) electrons. The summed E-state index contributed by atoms with van der Waals surface area (Å²) in [5.74, 6) is 1.44. The van der Waals surface area contributed by atoms with Crippen LogP contribution in [-0.4, -0.2) is 12.1 Å². The first-order valence-electron chi connectivity index (χ1n) is 13.5. The first kappa shape index (κ1) is 25.5. The summed E-state index contributed by atoms with van der Waals surface area (Å²) in [6.45, 7) is 2.26. The van der Waals surface area contributed by atoms with Crippen LogP contribution in [0.4, 0.5) is 0 Å². The van der Waals surface area contributed by atoms with Crippen molar-refractivity contribution in [3.63, 3.8) is 0 Å². The number of carbonyl (C=O) groups excluding carboxylic acids is 1. The number of nitrogens with zero attached hydrogens (tertiary/aromatic N) is 1. The summed E-state index contributed by atoms with van der Waals surface area (Å²) >= 11 is 0. The number of allylic oxidation sites excluding steroid dienone is 2. The zero-order chi connectivity index (χ0) is 23.3. The van der Waals surface area contributed by atoms with Gasteiger partial charge in [-0.15, -0.1) is 0 Å². The van der Waals surface area contributed by atoms with Crippen molar-refractivity contribution >= 4 is 5.97 Å². The minimum absolute atomic E-state index is 0.0521. The third-order valence-corrected chi connectivity index (χ3v) is 7.84. The Balaban J connectivity index is 1.34. The Morgan fingerprint density at radius 1 is 1.00 bits per heavy atom. The van der Waals surface area contributed by atoms with E-state index < -0.39 is 0 Å². The summed E-state index contributed by atoms with van der Waals surface area (Å²) < 4.78 is 5.94. The highest BCUT2D eigenvalue weighted by Crippen LogP contribution is 2.37. The van der Waals surface area contributed by atoms with Gasteiger partial charge in [-0.25, -0.2) is 0 Å². The smallest absolute Gasteiger partial charge is 0.309 e. The van der Waals surface area contributed by atoms with E-state index in [4.69, 9.17) is 10.00 Å². The summed E-state index contributed by atoms with van der Waals surface area (Å²) in [6.07, 6.45) is 20.6. The number of ether oxygens (including phenoxy) is 1. The standard InChI is InChI=1S/C30H43NO2/c1-2-3-4-6-9-24-11-15-26(16-12-24)27-17-19-28(20-18-27)30(32)33-29-21-13-25(14-22-29)10-7-5-8-23-31/h5,8,11-12,15-16,25,27-29H,2-4,6-7,9-10,13-14,17-22H2,1H3/b8-5+/t25?,27-,28-,29?. The first-order valence-corrected chi connectivity index (χ1v) is 13.5. The minimum Gasteiger partial charge on any atom is -0.462 e. The molecule has 0 N–H and O–H groups in total. The van der Waals surface area contributed by atoms with Crippen LogP contribution in [0.1, 0.15) is 114 Å². The van der Waals surface area contributed by atoms with Crippen molar-refractivity contribution in [1.82, 2.24) is 0 Å². The quantitative estimate of drug-likeness (QED) is 0.195. The topological polar surface area (TPSA) is 50.1 Å². The van der Waals surface area contributed by atoms with E-state index in [1.165, 1.54) is 43.2 Å². The van der Waals surface area contributed by atoms with Crippen molar-refractivity contribution in [3.05, 3.63) is 47.5 Å². The average molecular weight is 450 g/mol. The Morgan fingerprint density at radius 3 is 2.39 bits per heavy atom. The second-order valence-corrected chi connectivity index (χ2v) is 10.3. The summed E-state index contributed by atoms with van der Waals surface area (Å²) in [7, 11) is 0. The Hall–Kier alpha value is -2.08. The molecule has 2 fully saturated rings. The van der Waals surface area contributed by atoms with Crippen molar-refractivity contribution in [2.24, 2.45) is 11.8 Å². The second kappa shape index (κ2) is 14.2. The molecule has 2 saturated carbocycles. The van der Waals surface area contributed by atoms with Crippen LogP contribution in [-0.2, 0) is 16.0 Å². The number of unbranched alkanes of at least 4 members (excludes halogenated alkanes) is 3. The van der Waals surface area contributed by atoms with Gasteiger partial charge in [0.15, 0.2) is 0 Å². The molecule has 3 heteroatoms. The highest BCUT2D eigenvalue weighted by molar-refractivity contribution is 5.72. The third-order valence-electron chi connectivity index (χ3n) is 7.84. The van der Waals surface area contributed by atoms with Gasteiger partial charge in [-0.1, -0.05) is 56.5 Å². The van der Waals surface area contributed by atoms with Gasteiger partial charge in [0.1, 0.15) is 6.10 Å². The molecule has 1 aromatic carbocycles. The van der Waals surface area contributed by atoms with Crippen molar-refractivity contribution in [3.8, 4) is 6.07 Å². The van der Waals surface area contributed by atoms with Gasteiger partial charge in [0, 0.05) is 6.08 Å². The SMILES string of the molecule is CCCCCCc1ccc([C@H]2CC[C@H](C(=O)OC3CCC(CC/C=C/C#N)CC3)CC2)cc1. The zero-order valence-corrected chi connectivity index (χ0v) is 20.6. The fraction of sp³-hybridized carbons (Fsp3) is 0.667. The van der Waals surface area contributed by atoms with Gasteiger partial charge in [0.05, 0.1) is 12.0 Å². The maximum absolute atomic E-state index is 12.8. The largest absolute Gasteiger partial charge is 0.462 e. The molecule has 0 amide bonds. The molecule has 0 heterocycles. The molecule has 1 aromatic rings. The van der Waals surface area contributed by atoms with Gasteiger partial charge in [-0.2, -0.15) is 5.26 Å². The van der Waals surface area contributed by atoms with Crippen LogP contribution in [0.15, 0.2) is 36.4 Å². The lowest BCUT2D eigenvalue weighted by atomic mass is 9.78. The van der Waals surface area contributed by atoms with E-state index in [1.807, 2.05) is 6.08 Å². The highest BCUT2D eigenvalue weighted by Gasteiger charge is 2.31. The molecule has 180 valence electrons. The number of nitriles is 1. The normalized spacial score (nSPS) is 25.6. The van der Waals surface area contributed by atoms with Crippen LogP contribution in [0.2, 0.25) is 0 Å². The number of hydrogen-bond acceptors (Lipinski definition) is 3. The lowest BCUT2D eigenvalue weighted by Crippen LogP contribution is -2.29. The molecule has 0 unspecified atom stereocenters. The number of rotatable bonds is 11. The molecule has 0 bridgehead atoms. The molecule has 0 aliphatic heterocycles. The van der Waals surface area contributed by atoms with Crippen LogP contribution in [0.5, 0.6) is 0 Å². The first-order chi connectivity index (χ1) is 16.2. The van der Waals surface area contributed by atoms with Gasteiger partial charge < -0.3 is 4.74 Å². The van der Waals surface area contributed by atoms with Crippen LogP contribution < -0.4 is 0 Å². The number of hydrogen-bond donors (Lipinski definition) is 0. The van der Waals surface area contributed by atoms with Gasteiger partial charge in [0.25, 0.3) is 0 Å². The number of aryl methyl sites for hydroxylation is 1. The van der Waals surface area contributed by atoms with Crippen LogP contribution >= 0.6 is 0 Å². The summed E-state index contributed by atoms with van der Waals surface area (Å²) in [5, 5.41) is 8.57. The molecule has 2 aliphatic rings. The second-order valence-electron chi connectivity index (χ2n) is 10.3. The molecule has 0 spiro atoms. The van der Waals surface area contributed by atoms with Gasteiger partial charge in [0.2, 0.25) is 0 Å². The number of esters is 1. The predicted molar refractivity (Wildman–Crippen MR) is 135 cm³/mol. The van der Waals surface area contributed by atoms with Crippen LogP contribution in [0.25, 0.3) is 0 Å². The maximum Gasteiger partial charge on any atom is 0.309 e. The van der Waals surface area contributed by atoms with Gasteiger partial charge >= 0.3 is 5.97 Å². The monoisotopic (exact) mass is 449 g/mol. The highest BCUT2D eigenvalue weighted by atomic mass is 16.5. The van der Waals surface area contributed by atoms with Crippen molar-refractivity contribution < 1.29 is 9.53 Å². The van der Waals surface area contributed by atoms with Crippen molar-refractivity contribution in [2.45, 2.75) is 115 Å². The van der Waals surface area contributed by atoms with E-state index in [9.17, 15) is 4.79 Å². The molecule has 3 nitrogen and oxygen atoms in total. The molecule has 0 saturated heterocycles. The van der Waals surface area contributed by atoms with E-state index in [2.05, 4.69) is 37.3 Å². The maximum atomic E-state index is 12.8. The van der Waals surface area contributed by atoms with Gasteiger partial charge in [-0.3, -0.25) is 4.79 Å². The average Bonchev–Trinajstić information content (AvgIpc) is 2.86. The summed E-state index contributed by atoms with van der Waals surface area (Å²) in [6, 6.07) is 11.3. The predicted octanol–water partition coefficient (Wildman–Crippen LogP) is 8.05. The molecule has 2 aliphatic carbocycles. The molecular weight excluding hydrogens is 406 g/mol. The fourth-order valence-electron chi connectivity index (χ4n) is 5.64. The van der Waals surface area contributed by atoms with Gasteiger partial charge in [-0.05, 0) is 100 Å². The third kappa shape index (κ3) is 8.65. The molecule has 0 atom stereocenters. The molecule has 0 aromatic heterocycles. The lowest BCUT2D eigenvalue weighted by molar-refractivity contribution is -0.157. The van der Waals surface area contributed by atoms with E-state index in [1.54, 1.807) is 6.08 Å². The minimum atomic E-state index is 0.0521. The molecular formula is C30H43NO2. The molecule has 33 heavy (non-hydrogen) atoms. The Morgan fingerprint density at radius 2 is 1.73 bits per heavy atom. The van der Waals surface area contributed by atoms with Crippen LogP contribution in [0, 0.1) is 23.2 Å². The van der Waals surface area contributed by atoms with Crippen molar-refractivity contribution in [1.29, 1.82) is 5.26 Å². The fourth-order valence-corrected chi connectivity index (χ4v) is 5.64. The number of benzene rings is 1. The lowest BCUT2D eigenvalue weighted by Gasteiger charge is -2.31. The van der Waals surface area contributed by atoms with Crippen LogP contribution in [0.3, 0.4) is 0 Å². The molecule has 3 rings (SSSR count). The Kier molecular flexibility index (Phi) is 11.0. The van der Waals surface area contributed by atoms with E-state index in [0.29, 0.717) is 11.8 Å².